The molecule has 1 heterocycles. The third kappa shape index (κ3) is 3.28. The van der Waals surface area contributed by atoms with Gasteiger partial charge in [-0.2, -0.15) is 11.3 Å². The second kappa shape index (κ2) is 6.60. The Kier molecular flexibility index (Phi) is 4.58. The van der Waals surface area contributed by atoms with Crippen LogP contribution in [0.15, 0.2) is 35.0 Å². The lowest BCUT2D eigenvalue weighted by Gasteiger charge is -2.27. The molecular formula is C17H21NO2S. The first-order valence-electron chi connectivity index (χ1n) is 7.38. The number of nitrogens with one attached hydrogen (secondary N) is 1. The fourth-order valence-corrected chi connectivity index (χ4v) is 3.67. The topological polar surface area (TPSA) is 41.5 Å². The largest absolute Gasteiger partial charge is 0.497 e. The molecule has 0 fully saturated rings. The SMILES string of the molecule is COc1ccc2c(c1)CCCC2NCC(O)c1ccsc1. The van der Waals surface area contributed by atoms with Gasteiger partial charge < -0.3 is 15.2 Å². The van der Waals surface area contributed by atoms with Crippen LogP contribution in [0.2, 0.25) is 0 Å². The van der Waals surface area contributed by atoms with E-state index >= 15 is 0 Å². The second-order valence-electron chi connectivity index (χ2n) is 5.49. The van der Waals surface area contributed by atoms with Crippen LogP contribution < -0.4 is 10.1 Å². The van der Waals surface area contributed by atoms with Crippen LogP contribution >= 0.6 is 11.3 Å². The number of thiophene rings is 1. The average Bonchev–Trinajstić information content (AvgIpc) is 3.06. The van der Waals surface area contributed by atoms with Gasteiger partial charge in [0.2, 0.25) is 0 Å². The van der Waals surface area contributed by atoms with Crippen molar-refractivity contribution in [2.45, 2.75) is 31.4 Å². The van der Waals surface area contributed by atoms with Crippen LogP contribution in [0, 0.1) is 0 Å². The summed E-state index contributed by atoms with van der Waals surface area (Å²) in [7, 11) is 1.71. The minimum Gasteiger partial charge on any atom is -0.497 e. The molecule has 2 unspecified atom stereocenters. The maximum absolute atomic E-state index is 10.2. The third-order valence-electron chi connectivity index (χ3n) is 4.15. The molecule has 3 rings (SSSR count). The molecular weight excluding hydrogens is 282 g/mol. The Balaban J connectivity index is 1.68. The summed E-state index contributed by atoms with van der Waals surface area (Å²) in [6.45, 7) is 0.590. The molecule has 0 amide bonds. The van der Waals surface area contributed by atoms with Gasteiger partial charge in [-0.25, -0.2) is 0 Å². The molecule has 0 saturated carbocycles. The maximum Gasteiger partial charge on any atom is 0.119 e. The fraction of sp³-hybridized carbons (Fsp3) is 0.412. The quantitative estimate of drug-likeness (QED) is 0.889. The zero-order valence-corrected chi connectivity index (χ0v) is 13.0. The molecule has 21 heavy (non-hydrogen) atoms. The van der Waals surface area contributed by atoms with E-state index in [1.807, 2.05) is 22.9 Å². The normalized spacial score (nSPS) is 19.0. The molecule has 4 heteroatoms. The van der Waals surface area contributed by atoms with Gasteiger partial charge >= 0.3 is 0 Å². The van der Waals surface area contributed by atoms with Gasteiger partial charge in [-0.3, -0.25) is 0 Å². The first kappa shape index (κ1) is 14.6. The van der Waals surface area contributed by atoms with Crippen molar-refractivity contribution in [2.24, 2.45) is 0 Å². The van der Waals surface area contributed by atoms with Crippen molar-refractivity contribution in [2.75, 3.05) is 13.7 Å². The van der Waals surface area contributed by atoms with Crippen molar-refractivity contribution in [3.05, 3.63) is 51.7 Å². The second-order valence-corrected chi connectivity index (χ2v) is 6.27. The summed E-state index contributed by atoms with van der Waals surface area (Å²) in [6.07, 6.45) is 2.97. The van der Waals surface area contributed by atoms with Gasteiger partial charge in [0.25, 0.3) is 0 Å². The highest BCUT2D eigenvalue weighted by Crippen LogP contribution is 2.32. The Bertz CT molecular complexity index is 582. The molecule has 0 aliphatic heterocycles. The zero-order valence-electron chi connectivity index (χ0n) is 12.2. The lowest BCUT2D eigenvalue weighted by Crippen LogP contribution is -2.29. The Morgan fingerprint density at radius 3 is 3.10 bits per heavy atom. The van der Waals surface area contributed by atoms with E-state index in [4.69, 9.17) is 4.74 Å². The molecule has 1 aliphatic rings. The van der Waals surface area contributed by atoms with Crippen LogP contribution in [-0.2, 0) is 6.42 Å². The number of methoxy groups -OCH3 is 1. The van der Waals surface area contributed by atoms with Gasteiger partial charge in [-0.1, -0.05) is 6.07 Å². The molecule has 0 bridgehead atoms. The van der Waals surface area contributed by atoms with E-state index < -0.39 is 6.10 Å². The van der Waals surface area contributed by atoms with E-state index in [1.54, 1.807) is 18.4 Å². The van der Waals surface area contributed by atoms with E-state index in [1.165, 1.54) is 17.5 Å². The predicted octanol–water partition coefficient (Wildman–Crippen LogP) is 3.46. The average molecular weight is 303 g/mol. The first-order valence-corrected chi connectivity index (χ1v) is 8.32. The molecule has 112 valence electrons. The lowest BCUT2D eigenvalue weighted by molar-refractivity contribution is 0.168. The number of hydrogen-bond donors (Lipinski definition) is 2. The molecule has 1 aromatic heterocycles. The summed E-state index contributed by atoms with van der Waals surface area (Å²) >= 11 is 1.62. The van der Waals surface area contributed by atoms with E-state index in [0.717, 1.165) is 24.2 Å². The minimum atomic E-state index is -0.431. The van der Waals surface area contributed by atoms with Crippen LogP contribution in [0.3, 0.4) is 0 Å². The van der Waals surface area contributed by atoms with Gasteiger partial charge in [0.05, 0.1) is 13.2 Å². The van der Waals surface area contributed by atoms with E-state index in [9.17, 15) is 5.11 Å². The van der Waals surface area contributed by atoms with Crippen molar-refractivity contribution in [3.63, 3.8) is 0 Å². The van der Waals surface area contributed by atoms with Gasteiger partial charge in [0, 0.05) is 12.6 Å². The van der Waals surface area contributed by atoms with Crippen molar-refractivity contribution in [1.29, 1.82) is 0 Å². The fourth-order valence-electron chi connectivity index (χ4n) is 2.97. The Hall–Kier alpha value is -1.36. The number of hydrogen-bond acceptors (Lipinski definition) is 4. The first-order chi connectivity index (χ1) is 10.3. The number of aliphatic hydroxyl groups is 1. The minimum absolute atomic E-state index is 0.327. The maximum atomic E-state index is 10.2. The van der Waals surface area contributed by atoms with Crippen LogP contribution in [0.4, 0.5) is 0 Å². The predicted molar refractivity (Wildman–Crippen MR) is 86.0 cm³/mol. The molecule has 1 aliphatic carbocycles. The zero-order chi connectivity index (χ0) is 14.7. The number of fused-ring (bicyclic) bond motifs is 1. The highest BCUT2D eigenvalue weighted by molar-refractivity contribution is 7.07. The summed E-state index contributed by atoms with van der Waals surface area (Å²) < 4.78 is 5.30. The highest BCUT2D eigenvalue weighted by atomic mass is 32.1. The molecule has 0 saturated heterocycles. The van der Waals surface area contributed by atoms with Gasteiger partial charge in [0.1, 0.15) is 5.75 Å². The summed E-state index contributed by atoms with van der Waals surface area (Å²) in [5, 5.41) is 17.7. The van der Waals surface area contributed by atoms with E-state index in [-0.39, 0.29) is 0 Å². The Morgan fingerprint density at radius 2 is 2.33 bits per heavy atom. The van der Waals surface area contributed by atoms with E-state index in [2.05, 4.69) is 17.4 Å². The van der Waals surface area contributed by atoms with Gasteiger partial charge in [0.15, 0.2) is 0 Å². The molecule has 0 radical (unpaired) electrons. The van der Waals surface area contributed by atoms with Gasteiger partial charge in [-0.05, 0) is 64.9 Å². The van der Waals surface area contributed by atoms with Crippen LogP contribution in [0.1, 0.15) is 41.7 Å². The van der Waals surface area contributed by atoms with Crippen LogP contribution in [0.5, 0.6) is 5.75 Å². The Labute approximate surface area is 129 Å². The van der Waals surface area contributed by atoms with Crippen LogP contribution in [-0.4, -0.2) is 18.8 Å². The van der Waals surface area contributed by atoms with Crippen molar-refractivity contribution in [3.8, 4) is 5.75 Å². The number of ether oxygens (including phenoxy) is 1. The Morgan fingerprint density at radius 1 is 1.43 bits per heavy atom. The van der Waals surface area contributed by atoms with Crippen molar-refractivity contribution < 1.29 is 9.84 Å². The highest BCUT2D eigenvalue weighted by Gasteiger charge is 2.21. The molecule has 2 atom stereocenters. The smallest absolute Gasteiger partial charge is 0.119 e. The molecule has 2 aromatic rings. The number of aliphatic hydroxyl groups excluding tert-OH is 1. The number of rotatable bonds is 5. The standard InChI is InChI=1S/C17H21NO2S/c1-20-14-5-6-15-12(9-14)3-2-4-16(15)18-10-17(19)13-7-8-21-11-13/h5-9,11,16-19H,2-4,10H2,1H3. The molecule has 3 nitrogen and oxygen atoms in total. The number of aryl methyl sites for hydroxylation is 1. The van der Waals surface area contributed by atoms with Crippen molar-refractivity contribution >= 4 is 11.3 Å². The lowest BCUT2D eigenvalue weighted by atomic mass is 9.87. The molecule has 2 N–H and O–H groups in total. The van der Waals surface area contributed by atoms with Gasteiger partial charge in [-0.15, -0.1) is 0 Å². The summed E-state index contributed by atoms with van der Waals surface area (Å²) in [4.78, 5) is 0. The summed E-state index contributed by atoms with van der Waals surface area (Å²) in [5.74, 6) is 0.924. The summed E-state index contributed by atoms with van der Waals surface area (Å²) in [5.41, 5.74) is 3.71. The van der Waals surface area contributed by atoms with E-state index in [0.29, 0.717) is 12.6 Å². The number of benzene rings is 1. The third-order valence-corrected chi connectivity index (χ3v) is 4.85. The monoisotopic (exact) mass is 303 g/mol. The molecule has 0 spiro atoms. The van der Waals surface area contributed by atoms with Crippen molar-refractivity contribution in [1.82, 2.24) is 5.32 Å². The molecule has 1 aromatic carbocycles. The van der Waals surface area contributed by atoms with Crippen LogP contribution in [0.25, 0.3) is 0 Å². The summed E-state index contributed by atoms with van der Waals surface area (Å²) in [6, 6.07) is 8.62.